The van der Waals surface area contributed by atoms with Gasteiger partial charge in [-0.3, -0.25) is 0 Å². The quantitative estimate of drug-likeness (QED) is 0.598. The van der Waals surface area contributed by atoms with E-state index < -0.39 is 23.6 Å². The Hall–Kier alpha value is -1.51. The summed E-state index contributed by atoms with van der Waals surface area (Å²) in [6, 6.07) is 0.997. The van der Waals surface area contributed by atoms with Crippen LogP contribution in [0.2, 0.25) is 0 Å². The molecule has 1 aromatic rings. The van der Waals surface area contributed by atoms with E-state index in [-0.39, 0.29) is 23.5 Å². The van der Waals surface area contributed by atoms with Crippen molar-refractivity contribution < 1.29 is 32.2 Å². The smallest absolute Gasteiger partial charge is 0.480 e. The fraction of sp³-hybridized carbons (Fsp3) is 0.455. The molecule has 1 heterocycles. The fourth-order valence-electron chi connectivity index (χ4n) is 1.36. The maximum Gasteiger partial charge on any atom is 0.573 e. The van der Waals surface area contributed by atoms with E-state index in [0.29, 0.717) is 0 Å². The van der Waals surface area contributed by atoms with Crippen molar-refractivity contribution in [3.05, 3.63) is 17.3 Å². The molecule has 0 spiro atoms. The van der Waals surface area contributed by atoms with Gasteiger partial charge >= 0.3 is 12.3 Å². The molecule has 0 aromatic carbocycles. The van der Waals surface area contributed by atoms with Crippen molar-refractivity contribution in [2.45, 2.75) is 18.6 Å². The van der Waals surface area contributed by atoms with Crippen LogP contribution in [0.5, 0.6) is 11.6 Å². The van der Waals surface area contributed by atoms with Gasteiger partial charge in [-0.15, -0.1) is 13.2 Å². The first-order valence-corrected chi connectivity index (χ1v) is 6.51. The lowest BCUT2D eigenvalue weighted by molar-refractivity contribution is -0.274. The Morgan fingerprint density at radius 2 is 2.10 bits per heavy atom. The maximum atomic E-state index is 12.4. The van der Waals surface area contributed by atoms with Crippen molar-refractivity contribution in [1.82, 2.24) is 4.98 Å². The molecule has 5 nitrogen and oxygen atoms in total. The SMILES string of the molecule is CCOC(=O)c1c(OC(F)(F)F)cc(CBr)nc1OC. The van der Waals surface area contributed by atoms with Crippen molar-refractivity contribution in [2.75, 3.05) is 13.7 Å². The van der Waals surface area contributed by atoms with Gasteiger partial charge in [0.05, 0.1) is 19.4 Å². The largest absolute Gasteiger partial charge is 0.573 e. The number of halogens is 4. The topological polar surface area (TPSA) is 57.7 Å². The lowest BCUT2D eigenvalue weighted by atomic mass is 10.2. The van der Waals surface area contributed by atoms with Crippen LogP contribution in [0.1, 0.15) is 23.0 Å². The molecule has 0 saturated carbocycles. The first-order chi connectivity index (χ1) is 9.32. The molecule has 20 heavy (non-hydrogen) atoms. The number of ether oxygens (including phenoxy) is 3. The Morgan fingerprint density at radius 1 is 1.45 bits per heavy atom. The van der Waals surface area contributed by atoms with Crippen LogP contribution in [0.3, 0.4) is 0 Å². The number of aromatic nitrogens is 1. The van der Waals surface area contributed by atoms with Gasteiger partial charge in [-0.1, -0.05) is 15.9 Å². The molecule has 0 aliphatic heterocycles. The number of nitrogens with zero attached hydrogens (tertiary/aromatic N) is 1. The summed E-state index contributed by atoms with van der Waals surface area (Å²) >= 11 is 3.06. The Morgan fingerprint density at radius 3 is 2.55 bits per heavy atom. The molecule has 0 unspecified atom stereocenters. The average molecular weight is 358 g/mol. The van der Waals surface area contributed by atoms with E-state index in [1.165, 1.54) is 14.0 Å². The van der Waals surface area contributed by atoms with Crippen molar-refractivity contribution in [1.29, 1.82) is 0 Å². The van der Waals surface area contributed by atoms with Crippen LogP contribution in [0.25, 0.3) is 0 Å². The third kappa shape index (κ3) is 4.26. The second kappa shape index (κ2) is 6.78. The standard InChI is InChI=1S/C11H11BrF3NO4/c1-3-19-10(17)8-7(20-11(13,14)15)4-6(5-12)16-9(8)18-2/h4H,3,5H2,1-2H3. The first-order valence-electron chi connectivity index (χ1n) is 5.39. The molecule has 0 N–H and O–H groups in total. The molecule has 0 aliphatic rings. The summed E-state index contributed by atoms with van der Waals surface area (Å²) < 4.78 is 50.5. The molecule has 0 amide bonds. The molecule has 0 saturated heterocycles. The zero-order chi connectivity index (χ0) is 15.3. The molecule has 1 aromatic heterocycles. The number of rotatable bonds is 5. The highest BCUT2D eigenvalue weighted by Crippen LogP contribution is 2.33. The van der Waals surface area contributed by atoms with E-state index in [4.69, 9.17) is 4.74 Å². The highest BCUT2D eigenvalue weighted by Gasteiger charge is 2.35. The summed E-state index contributed by atoms with van der Waals surface area (Å²) in [6.07, 6.45) is -4.95. The van der Waals surface area contributed by atoms with Crippen molar-refractivity contribution in [3.63, 3.8) is 0 Å². The molecular weight excluding hydrogens is 347 g/mol. The molecule has 1 rings (SSSR count). The second-order valence-electron chi connectivity index (χ2n) is 3.40. The summed E-state index contributed by atoms with van der Waals surface area (Å²) in [5.74, 6) is -2.01. The average Bonchev–Trinajstić information content (AvgIpc) is 2.35. The fourth-order valence-corrected chi connectivity index (χ4v) is 1.65. The number of carbonyl (C=O) groups excluding carboxylic acids is 1. The monoisotopic (exact) mass is 357 g/mol. The third-order valence-corrected chi connectivity index (χ3v) is 2.61. The zero-order valence-corrected chi connectivity index (χ0v) is 12.2. The van der Waals surface area contributed by atoms with Gasteiger partial charge in [0, 0.05) is 11.4 Å². The lowest BCUT2D eigenvalue weighted by Gasteiger charge is -2.15. The molecular formula is C11H11BrF3NO4. The van der Waals surface area contributed by atoms with Gasteiger partial charge in [-0.2, -0.15) is 0 Å². The Kier molecular flexibility index (Phi) is 5.61. The number of alkyl halides is 4. The van der Waals surface area contributed by atoms with Gasteiger partial charge in [0.1, 0.15) is 0 Å². The normalized spacial score (nSPS) is 11.1. The van der Waals surface area contributed by atoms with Gasteiger partial charge in [-0.25, -0.2) is 9.78 Å². The van der Waals surface area contributed by atoms with Crippen LogP contribution in [-0.2, 0) is 10.1 Å². The first kappa shape index (κ1) is 16.5. The summed E-state index contributed by atoms with van der Waals surface area (Å²) in [5, 5.41) is 0.167. The van der Waals surface area contributed by atoms with E-state index in [1.807, 2.05) is 0 Å². The van der Waals surface area contributed by atoms with Crippen molar-refractivity contribution >= 4 is 21.9 Å². The molecule has 0 aliphatic carbocycles. The number of hydrogen-bond donors (Lipinski definition) is 0. The molecule has 0 fully saturated rings. The van der Waals surface area contributed by atoms with Crippen molar-refractivity contribution in [3.8, 4) is 11.6 Å². The highest BCUT2D eigenvalue weighted by molar-refractivity contribution is 9.08. The van der Waals surface area contributed by atoms with E-state index >= 15 is 0 Å². The van der Waals surface area contributed by atoms with Gasteiger partial charge in [0.15, 0.2) is 11.3 Å². The summed E-state index contributed by atoms with van der Waals surface area (Å²) in [5.41, 5.74) is -0.287. The highest BCUT2D eigenvalue weighted by atomic mass is 79.9. The van der Waals surface area contributed by atoms with E-state index in [2.05, 4.69) is 30.4 Å². The van der Waals surface area contributed by atoms with Gasteiger partial charge in [0.2, 0.25) is 5.88 Å². The Balaban J connectivity index is 3.38. The predicted octanol–water partition coefficient (Wildman–Crippen LogP) is 3.06. The van der Waals surface area contributed by atoms with E-state index in [1.54, 1.807) is 0 Å². The van der Waals surface area contributed by atoms with Gasteiger partial charge < -0.3 is 14.2 Å². The minimum absolute atomic E-state index is 0.00631. The molecule has 0 radical (unpaired) electrons. The Labute approximate surface area is 121 Å². The number of pyridine rings is 1. The predicted molar refractivity (Wildman–Crippen MR) is 66.1 cm³/mol. The van der Waals surface area contributed by atoms with Crippen LogP contribution >= 0.6 is 15.9 Å². The van der Waals surface area contributed by atoms with Gasteiger partial charge in [0.25, 0.3) is 0 Å². The number of esters is 1. The summed E-state index contributed by atoms with van der Waals surface area (Å²) in [6.45, 7) is 1.52. The van der Waals surface area contributed by atoms with Crippen LogP contribution in [0, 0.1) is 0 Å². The number of methoxy groups -OCH3 is 1. The molecule has 9 heteroatoms. The van der Waals surface area contributed by atoms with Crippen LogP contribution in [0.4, 0.5) is 13.2 Å². The molecule has 0 bridgehead atoms. The maximum absolute atomic E-state index is 12.4. The van der Waals surface area contributed by atoms with Gasteiger partial charge in [-0.05, 0) is 6.92 Å². The van der Waals surface area contributed by atoms with Crippen molar-refractivity contribution in [2.24, 2.45) is 0 Å². The molecule has 0 atom stereocenters. The van der Waals surface area contributed by atoms with Crippen LogP contribution < -0.4 is 9.47 Å². The Bertz CT molecular complexity index is 493. The van der Waals surface area contributed by atoms with Crippen LogP contribution in [-0.4, -0.2) is 31.0 Å². The van der Waals surface area contributed by atoms with E-state index in [9.17, 15) is 18.0 Å². The van der Waals surface area contributed by atoms with Crippen LogP contribution in [0.15, 0.2) is 6.07 Å². The number of hydrogen-bond acceptors (Lipinski definition) is 5. The minimum Gasteiger partial charge on any atom is -0.480 e. The lowest BCUT2D eigenvalue weighted by Crippen LogP contribution is -2.20. The number of carbonyl (C=O) groups is 1. The molecule has 112 valence electrons. The zero-order valence-electron chi connectivity index (χ0n) is 10.6. The third-order valence-electron chi connectivity index (χ3n) is 2.04. The summed E-state index contributed by atoms with van der Waals surface area (Å²) in [7, 11) is 1.18. The van der Waals surface area contributed by atoms with E-state index in [0.717, 1.165) is 6.07 Å². The second-order valence-corrected chi connectivity index (χ2v) is 3.96. The summed E-state index contributed by atoms with van der Waals surface area (Å²) in [4.78, 5) is 15.6. The minimum atomic E-state index is -4.95.